The van der Waals surface area contributed by atoms with Crippen molar-refractivity contribution in [3.05, 3.63) is 0 Å². The number of piperidine rings is 1. The van der Waals surface area contributed by atoms with E-state index in [1.807, 2.05) is 4.90 Å². The number of rotatable bonds is 2. The predicted molar refractivity (Wildman–Crippen MR) is 50.2 cm³/mol. The number of hydrogen-bond acceptors (Lipinski definition) is 2. The molecular formula is C8H14BrNO2. The topological polar surface area (TPSA) is 40.5 Å². The number of nitrogens with zero attached hydrogens (tertiary/aromatic N) is 1. The average molecular weight is 236 g/mol. The Hall–Kier alpha value is -0.0900. The van der Waals surface area contributed by atoms with Crippen LogP contribution in [0.4, 0.5) is 0 Å². The highest BCUT2D eigenvalue weighted by atomic mass is 79.9. The molecule has 70 valence electrons. The summed E-state index contributed by atoms with van der Waals surface area (Å²) in [7, 11) is 0. The van der Waals surface area contributed by atoms with Crippen molar-refractivity contribution >= 4 is 21.8 Å². The van der Waals surface area contributed by atoms with Crippen LogP contribution in [0.15, 0.2) is 0 Å². The summed E-state index contributed by atoms with van der Waals surface area (Å²) in [6.45, 7) is 1.43. The first-order chi connectivity index (χ1) is 5.74. The van der Waals surface area contributed by atoms with Crippen LogP contribution in [-0.2, 0) is 4.79 Å². The lowest BCUT2D eigenvalue weighted by Gasteiger charge is -2.29. The molecule has 1 heterocycles. The molecule has 0 bridgehead atoms. The number of amides is 1. The average Bonchev–Trinajstić information content (AvgIpc) is 2.06. The van der Waals surface area contributed by atoms with E-state index in [9.17, 15) is 9.90 Å². The summed E-state index contributed by atoms with van der Waals surface area (Å²) in [5.41, 5.74) is 0. The summed E-state index contributed by atoms with van der Waals surface area (Å²) in [6, 6.07) is 0. The third-order valence-electron chi connectivity index (χ3n) is 2.13. The maximum absolute atomic E-state index is 11.3. The minimum absolute atomic E-state index is 0.193. The highest BCUT2D eigenvalue weighted by Crippen LogP contribution is 2.11. The molecule has 1 fully saturated rings. The molecule has 0 aliphatic carbocycles. The Morgan fingerprint density at radius 3 is 2.58 bits per heavy atom. The molecule has 0 aromatic carbocycles. The molecule has 4 heteroatoms. The lowest BCUT2D eigenvalue weighted by atomic mass is 10.1. The Balaban J connectivity index is 2.29. The highest BCUT2D eigenvalue weighted by Gasteiger charge is 2.20. The number of hydrogen-bond donors (Lipinski definition) is 1. The smallest absolute Gasteiger partial charge is 0.223 e. The van der Waals surface area contributed by atoms with Crippen LogP contribution in [0.1, 0.15) is 19.3 Å². The zero-order valence-electron chi connectivity index (χ0n) is 7.00. The summed E-state index contributed by atoms with van der Waals surface area (Å²) >= 11 is 3.23. The second kappa shape index (κ2) is 4.82. The van der Waals surface area contributed by atoms with Gasteiger partial charge in [-0.05, 0) is 12.8 Å². The molecule has 0 aromatic heterocycles. The zero-order chi connectivity index (χ0) is 8.97. The van der Waals surface area contributed by atoms with Gasteiger partial charge < -0.3 is 10.0 Å². The summed E-state index contributed by atoms with van der Waals surface area (Å²) in [5.74, 6) is 0.193. The van der Waals surface area contributed by atoms with Crippen molar-refractivity contribution in [1.29, 1.82) is 0 Å². The fourth-order valence-electron chi connectivity index (χ4n) is 1.35. The van der Waals surface area contributed by atoms with Gasteiger partial charge in [-0.25, -0.2) is 0 Å². The van der Waals surface area contributed by atoms with Gasteiger partial charge in [-0.1, -0.05) is 15.9 Å². The van der Waals surface area contributed by atoms with Gasteiger partial charge in [0.25, 0.3) is 0 Å². The maximum Gasteiger partial charge on any atom is 0.223 e. The van der Waals surface area contributed by atoms with Crippen LogP contribution in [0.5, 0.6) is 0 Å². The van der Waals surface area contributed by atoms with Gasteiger partial charge in [0, 0.05) is 24.8 Å². The van der Waals surface area contributed by atoms with Crippen molar-refractivity contribution in [3.8, 4) is 0 Å². The number of alkyl halides is 1. The van der Waals surface area contributed by atoms with Gasteiger partial charge in [-0.2, -0.15) is 0 Å². The van der Waals surface area contributed by atoms with Gasteiger partial charge in [0.15, 0.2) is 0 Å². The largest absolute Gasteiger partial charge is 0.393 e. The van der Waals surface area contributed by atoms with E-state index in [2.05, 4.69) is 15.9 Å². The minimum atomic E-state index is -0.196. The van der Waals surface area contributed by atoms with E-state index < -0.39 is 0 Å². The van der Waals surface area contributed by atoms with E-state index in [-0.39, 0.29) is 12.0 Å². The molecule has 0 aromatic rings. The van der Waals surface area contributed by atoms with Gasteiger partial charge in [-0.15, -0.1) is 0 Å². The lowest BCUT2D eigenvalue weighted by Crippen LogP contribution is -2.40. The van der Waals surface area contributed by atoms with Gasteiger partial charge in [0.2, 0.25) is 5.91 Å². The van der Waals surface area contributed by atoms with Crippen molar-refractivity contribution in [2.75, 3.05) is 18.4 Å². The fourth-order valence-corrected chi connectivity index (χ4v) is 1.69. The van der Waals surface area contributed by atoms with Crippen molar-refractivity contribution in [2.45, 2.75) is 25.4 Å². The zero-order valence-corrected chi connectivity index (χ0v) is 8.59. The lowest BCUT2D eigenvalue weighted by molar-refractivity contribution is -0.132. The normalized spacial score (nSPS) is 19.7. The van der Waals surface area contributed by atoms with Crippen molar-refractivity contribution in [1.82, 2.24) is 4.90 Å². The number of aliphatic hydroxyl groups excluding tert-OH is 1. The SMILES string of the molecule is O=C(CCBr)N1CCC(O)CC1. The quantitative estimate of drug-likeness (QED) is 0.719. The standard InChI is InChI=1S/C8H14BrNO2/c9-4-1-8(12)10-5-2-7(11)3-6-10/h7,11H,1-6H2. The van der Waals surface area contributed by atoms with Crippen molar-refractivity contribution < 1.29 is 9.90 Å². The molecule has 1 aliphatic heterocycles. The first-order valence-corrected chi connectivity index (χ1v) is 5.38. The van der Waals surface area contributed by atoms with Gasteiger partial charge >= 0.3 is 0 Å². The Morgan fingerprint density at radius 1 is 1.50 bits per heavy atom. The Labute approximate surface area is 80.9 Å². The first kappa shape index (κ1) is 9.99. The van der Waals surface area contributed by atoms with E-state index in [0.29, 0.717) is 19.5 Å². The summed E-state index contributed by atoms with van der Waals surface area (Å²) in [5, 5.41) is 9.92. The Morgan fingerprint density at radius 2 is 2.08 bits per heavy atom. The van der Waals surface area contributed by atoms with Crippen LogP contribution in [0, 0.1) is 0 Å². The molecule has 0 atom stereocenters. The van der Waals surface area contributed by atoms with Crippen LogP contribution in [0.2, 0.25) is 0 Å². The number of carbonyl (C=O) groups is 1. The van der Waals surface area contributed by atoms with Gasteiger partial charge in [0.1, 0.15) is 0 Å². The third kappa shape index (κ3) is 2.75. The maximum atomic E-state index is 11.3. The first-order valence-electron chi connectivity index (χ1n) is 4.26. The predicted octanol–water partition coefficient (Wildman–Crippen LogP) is 0.755. The summed E-state index contributed by atoms with van der Waals surface area (Å²) in [4.78, 5) is 13.1. The van der Waals surface area contributed by atoms with Gasteiger partial charge in [0.05, 0.1) is 6.10 Å². The molecule has 12 heavy (non-hydrogen) atoms. The monoisotopic (exact) mass is 235 g/mol. The van der Waals surface area contributed by atoms with Crippen LogP contribution < -0.4 is 0 Å². The van der Waals surface area contributed by atoms with Crippen molar-refractivity contribution in [2.24, 2.45) is 0 Å². The van der Waals surface area contributed by atoms with E-state index >= 15 is 0 Å². The number of likely N-dealkylation sites (tertiary alicyclic amines) is 1. The second-order valence-electron chi connectivity index (χ2n) is 3.05. The molecule has 1 rings (SSSR count). The second-order valence-corrected chi connectivity index (χ2v) is 3.84. The molecule has 1 amide bonds. The molecular weight excluding hydrogens is 222 g/mol. The molecule has 0 spiro atoms. The minimum Gasteiger partial charge on any atom is -0.393 e. The number of halogens is 1. The molecule has 1 saturated heterocycles. The molecule has 0 unspecified atom stereocenters. The van der Waals surface area contributed by atoms with E-state index in [4.69, 9.17) is 0 Å². The molecule has 3 nitrogen and oxygen atoms in total. The van der Waals surface area contributed by atoms with Crippen molar-refractivity contribution in [3.63, 3.8) is 0 Å². The van der Waals surface area contributed by atoms with Gasteiger partial charge in [-0.3, -0.25) is 4.79 Å². The van der Waals surface area contributed by atoms with E-state index in [0.717, 1.165) is 18.2 Å². The number of carbonyl (C=O) groups excluding carboxylic acids is 1. The molecule has 0 saturated carbocycles. The van der Waals surface area contributed by atoms with E-state index in [1.165, 1.54) is 0 Å². The summed E-state index contributed by atoms with van der Waals surface area (Å²) in [6.07, 6.45) is 1.83. The molecule has 0 radical (unpaired) electrons. The van der Waals surface area contributed by atoms with Crippen LogP contribution in [0.3, 0.4) is 0 Å². The Kier molecular flexibility index (Phi) is 4.01. The summed E-state index contributed by atoms with van der Waals surface area (Å²) < 4.78 is 0. The Bertz CT molecular complexity index is 155. The fraction of sp³-hybridized carbons (Fsp3) is 0.875. The van der Waals surface area contributed by atoms with E-state index in [1.54, 1.807) is 0 Å². The van der Waals surface area contributed by atoms with Crippen LogP contribution in [0.25, 0.3) is 0 Å². The molecule has 1 aliphatic rings. The third-order valence-corrected chi connectivity index (χ3v) is 2.52. The van der Waals surface area contributed by atoms with Crippen LogP contribution >= 0.6 is 15.9 Å². The van der Waals surface area contributed by atoms with Crippen LogP contribution in [-0.4, -0.2) is 40.4 Å². The molecule has 1 N–H and O–H groups in total. The number of aliphatic hydroxyl groups is 1. The highest BCUT2D eigenvalue weighted by molar-refractivity contribution is 9.09.